The maximum atomic E-state index is 11.9. The molecule has 2 saturated heterocycles. The Bertz CT molecular complexity index is 369. The maximum absolute atomic E-state index is 11.9. The summed E-state index contributed by atoms with van der Waals surface area (Å²) in [5.74, 6) is 0.698. The summed E-state index contributed by atoms with van der Waals surface area (Å²) < 4.78 is 5.19. The minimum Gasteiger partial charge on any atom is -0.388 e. The highest BCUT2D eigenvalue weighted by Gasteiger charge is 2.33. The van der Waals surface area contributed by atoms with Crippen molar-refractivity contribution >= 4 is 23.6 Å². The number of amides is 2. The molecule has 20 heavy (non-hydrogen) atoms. The second-order valence-electron chi connectivity index (χ2n) is 5.55. The second-order valence-corrected chi connectivity index (χ2v) is 6.53. The van der Waals surface area contributed by atoms with Crippen molar-refractivity contribution in [2.24, 2.45) is 0 Å². The summed E-state index contributed by atoms with van der Waals surface area (Å²) >= 11 is 1.35. The van der Waals surface area contributed by atoms with E-state index in [0.717, 1.165) is 0 Å². The topological polar surface area (TPSA) is 70.1 Å². The molecule has 2 aliphatic heterocycles. The number of carbonyl (C=O) groups excluding carboxylic acids is 2. The van der Waals surface area contributed by atoms with E-state index >= 15 is 0 Å². The predicted molar refractivity (Wildman–Crippen MR) is 76.5 cm³/mol. The van der Waals surface area contributed by atoms with E-state index in [0.29, 0.717) is 57.3 Å². The lowest BCUT2D eigenvalue weighted by Gasteiger charge is -2.26. The fourth-order valence-corrected chi connectivity index (χ4v) is 3.20. The molecule has 0 aromatic carbocycles. The van der Waals surface area contributed by atoms with Crippen LogP contribution in [0.2, 0.25) is 0 Å². The van der Waals surface area contributed by atoms with Gasteiger partial charge >= 0.3 is 0 Å². The van der Waals surface area contributed by atoms with Gasteiger partial charge in [-0.15, -0.1) is 11.8 Å². The molecule has 1 unspecified atom stereocenters. The number of rotatable bonds is 4. The summed E-state index contributed by atoms with van der Waals surface area (Å²) in [6, 6.07) is 0. The minimum atomic E-state index is -0.760. The number of likely N-dealkylation sites (tertiary alicyclic amines) is 1. The Morgan fingerprint density at radius 2 is 1.75 bits per heavy atom. The molecule has 114 valence electrons. The first-order chi connectivity index (χ1) is 9.48. The van der Waals surface area contributed by atoms with Crippen LogP contribution in [0.5, 0.6) is 0 Å². The number of β-amino-alcohol motifs (C(OH)–C–C–N with tert-alkyl or cyclic N) is 1. The molecular formula is C13H22N2O4S. The maximum Gasteiger partial charge on any atom is 0.232 e. The van der Waals surface area contributed by atoms with Crippen LogP contribution in [-0.2, 0) is 14.3 Å². The van der Waals surface area contributed by atoms with Crippen LogP contribution in [0.25, 0.3) is 0 Å². The Hall–Kier alpha value is -0.790. The Morgan fingerprint density at radius 1 is 1.15 bits per heavy atom. The van der Waals surface area contributed by atoms with Crippen LogP contribution < -0.4 is 0 Å². The Kier molecular flexibility index (Phi) is 5.29. The lowest BCUT2D eigenvalue weighted by Crippen LogP contribution is -2.41. The van der Waals surface area contributed by atoms with Gasteiger partial charge in [-0.3, -0.25) is 9.59 Å². The van der Waals surface area contributed by atoms with Gasteiger partial charge in [0.25, 0.3) is 0 Å². The van der Waals surface area contributed by atoms with Gasteiger partial charge in [0.2, 0.25) is 11.8 Å². The molecule has 0 aromatic heterocycles. The zero-order valence-corrected chi connectivity index (χ0v) is 12.7. The van der Waals surface area contributed by atoms with Crippen molar-refractivity contribution in [1.29, 1.82) is 0 Å². The molecule has 2 fully saturated rings. The van der Waals surface area contributed by atoms with Gasteiger partial charge in [-0.1, -0.05) is 0 Å². The van der Waals surface area contributed by atoms with Gasteiger partial charge in [-0.2, -0.15) is 0 Å². The average Bonchev–Trinajstić information content (AvgIpc) is 2.80. The normalized spacial score (nSPS) is 26.9. The fourth-order valence-electron chi connectivity index (χ4n) is 2.38. The smallest absolute Gasteiger partial charge is 0.232 e. The Morgan fingerprint density at radius 3 is 2.30 bits per heavy atom. The number of ether oxygens (including phenoxy) is 1. The molecule has 0 aromatic rings. The van der Waals surface area contributed by atoms with Gasteiger partial charge in [-0.05, 0) is 13.3 Å². The molecule has 2 rings (SSSR count). The van der Waals surface area contributed by atoms with Crippen molar-refractivity contribution in [2.75, 3.05) is 50.9 Å². The van der Waals surface area contributed by atoms with Crippen LogP contribution in [0.3, 0.4) is 0 Å². The van der Waals surface area contributed by atoms with Crippen LogP contribution in [-0.4, -0.2) is 83.2 Å². The molecule has 2 heterocycles. The third-order valence-corrected chi connectivity index (χ3v) is 4.52. The second kappa shape index (κ2) is 6.78. The monoisotopic (exact) mass is 302 g/mol. The SMILES string of the molecule is CC1(O)CCN(C(=O)CSCC(=O)N2CCOCC2)C1. The van der Waals surface area contributed by atoms with Gasteiger partial charge in [0.05, 0.1) is 30.3 Å². The molecule has 1 N–H and O–H groups in total. The molecule has 0 aliphatic carbocycles. The van der Waals surface area contributed by atoms with E-state index in [1.54, 1.807) is 16.7 Å². The number of carbonyl (C=O) groups is 2. The van der Waals surface area contributed by atoms with Gasteiger partial charge in [0.1, 0.15) is 0 Å². The van der Waals surface area contributed by atoms with Gasteiger partial charge in [0, 0.05) is 26.2 Å². The van der Waals surface area contributed by atoms with Crippen LogP contribution in [0.15, 0.2) is 0 Å². The number of aliphatic hydroxyl groups is 1. The van der Waals surface area contributed by atoms with Gasteiger partial charge < -0.3 is 19.6 Å². The van der Waals surface area contributed by atoms with Crippen LogP contribution in [0, 0.1) is 0 Å². The first-order valence-corrected chi connectivity index (χ1v) is 8.07. The largest absolute Gasteiger partial charge is 0.388 e. The molecule has 0 spiro atoms. The van der Waals surface area contributed by atoms with Crippen molar-refractivity contribution in [1.82, 2.24) is 9.80 Å². The van der Waals surface area contributed by atoms with E-state index < -0.39 is 5.60 Å². The van der Waals surface area contributed by atoms with E-state index in [9.17, 15) is 14.7 Å². The highest BCUT2D eigenvalue weighted by Crippen LogP contribution is 2.21. The summed E-state index contributed by atoms with van der Waals surface area (Å²) in [4.78, 5) is 27.3. The highest BCUT2D eigenvalue weighted by molar-refractivity contribution is 8.00. The lowest BCUT2D eigenvalue weighted by atomic mass is 10.1. The van der Waals surface area contributed by atoms with Crippen LogP contribution >= 0.6 is 11.8 Å². The van der Waals surface area contributed by atoms with Crippen molar-refractivity contribution in [3.8, 4) is 0 Å². The quantitative estimate of drug-likeness (QED) is 0.762. The van der Waals surface area contributed by atoms with Crippen molar-refractivity contribution in [2.45, 2.75) is 18.9 Å². The molecule has 2 amide bonds. The fraction of sp³-hybridized carbons (Fsp3) is 0.846. The number of hydrogen-bond acceptors (Lipinski definition) is 5. The molecule has 0 radical (unpaired) electrons. The van der Waals surface area contributed by atoms with E-state index in [2.05, 4.69) is 0 Å². The van der Waals surface area contributed by atoms with Gasteiger partial charge in [-0.25, -0.2) is 0 Å². The zero-order valence-electron chi connectivity index (χ0n) is 11.8. The van der Waals surface area contributed by atoms with Gasteiger partial charge in [0.15, 0.2) is 0 Å². The minimum absolute atomic E-state index is 0.00236. The summed E-state index contributed by atoms with van der Waals surface area (Å²) in [6.45, 7) is 5.21. The molecule has 0 bridgehead atoms. The van der Waals surface area contributed by atoms with E-state index in [1.807, 2.05) is 0 Å². The van der Waals surface area contributed by atoms with Crippen molar-refractivity contribution < 1.29 is 19.4 Å². The van der Waals surface area contributed by atoms with Crippen LogP contribution in [0.1, 0.15) is 13.3 Å². The molecule has 7 heteroatoms. The lowest BCUT2D eigenvalue weighted by molar-refractivity contribution is -0.132. The van der Waals surface area contributed by atoms with Crippen LogP contribution in [0.4, 0.5) is 0 Å². The molecular weight excluding hydrogens is 280 g/mol. The number of hydrogen-bond donors (Lipinski definition) is 1. The summed E-state index contributed by atoms with van der Waals surface area (Å²) in [7, 11) is 0. The average molecular weight is 302 g/mol. The third kappa shape index (κ3) is 4.36. The summed E-state index contributed by atoms with van der Waals surface area (Å²) in [5.41, 5.74) is -0.760. The third-order valence-electron chi connectivity index (χ3n) is 3.62. The number of morpholine rings is 1. The Labute approximate surface area is 123 Å². The first kappa shape index (κ1) is 15.6. The first-order valence-electron chi connectivity index (χ1n) is 6.91. The summed E-state index contributed by atoms with van der Waals surface area (Å²) in [5, 5.41) is 9.82. The molecule has 6 nitrogen and oxygen atoms in total. The molecule has 0 saturated carbocycles. The molecule has 1 atom stereocenters. The number of thioether (sulfide) groups is 1. The zero-order chi connectivity index (χ0) is 14.6. The van der Waals surface area contributed by atoms with Crippen molar-refractivity contribution in [3.05, 3.63) is 0 Å². The molecule has 2 aliphatic rings. The van der Waals surface area contributed by atoms with E-state index in [4.69, 9.17) is 4.74 Å². The number of nitrogens with zero attached hydrogens (tertiary/aromatic N) is 2. The Balaban J connectivity index is 1.65. The van der Waals surface area contributed by atoms with E-state index in [-0.39, 0.29) is 11.8 Å². The predicted octanol–water partition coefficient (Wildman–Crippen LogP) is -0.438. The van der Waals surface area contributed by atoms with Crippen molar-refractivity contribution in [3.63, 3.8) is 0 Å². The van der Waals surface area contributed by atoms with E-state index in [1.165, 1.54) is 11.8 Å². The standard InChI is InChI=1S/C13H22N2O4S/c1-13(18)2-3-15(10-13)12(17)9-20-8-11(16)14-4-6-19-7-5-14/h18H,2-10H2,1H3. The highest BCUT2D eigenvalue weighted by atomic mass is 32.2. The summed E-state index contributed by atoms with van der Waals surface area (Å²) in [6.07, 6.45) is 0.621.